The van der Waals surface area contributed by atoms with Gasteiger partial charge in [-0.2, -0.15) is 0 Å². The molecule has 2 aliphatic carbocycles. The summed E-state index contributed by atoms with van der Waals surface area (Å²) in [6.07, 6.45) is 5.79. The third-order valence-electron chi connectivity index (χ3n) is 10.2. The van der Waals surface area contributed by atoms with Crippen LogP contribution in [0.3, 0.4) is 0 Å². The monoisotopic (exact) mass is 557 g/mol. The fourth-order valence-corrected chi connectivity index (χ4v) is 7.33. The Morgan fingerprint density at radius 1 is 0.558 bits per heavy atom. The maximum Gasteiger partial charge on any atom is 0.0470 e. The molecular weight excluding hydrogens is 518 g/mol. The van der Waals surface area contributed by atoms with Gasteiger partial charge in [0.2, 0.25) is 0 Å². The van der Waals surface area contributed by atoms with Gasteiger partial charge in [-0.1, -0.05) is 137 Å². The fourth-order valence-electron chi connectivity index (χ4n) is 7.33. The zero-order chi connectivity index (χ0) is 29.6. The van der Waals surface area contributed by atoms with E-state index in [0.29, 0.717) is 0 Å². The minimum Gasteiger partial charge on any atom is -0.310 e. The Morgan fingerprint density at radius 2 is 1.14 bits per heavy atom. The van der Waals surface area contributed by atoms with E-state index in [1.54, 1.807) is 5.57 Å². The lowest BCUT2D eigenvalue weighted by atomic mass is 9.51. The molecule has 1 atom stereocenters. The first-order valence-electron chi connectivity index (χ1n) is 15.5. The van der Waals surface area contributed by atoms with Crippen molar-refractivity contribution in [3.63, 3.8) is 0 Å². The fraction of sp³-hybridized carbons (Fsp3) is 0.190. The number of fused-ring (bicyclic) bond motifs is 2. The predicted molar refractivity (Wildman–Crippen MR) is 183 cm³/mol. The lowest BCUT2D eigenvalue weighted by molar-refractivity contribution is 0.231. The summed E-state index contributed by atoms with van der Waals surface area (Å²) in [5, 5.41) is 0. The summed E-state index contributed by atoms with van der Waals surface area (Å²) in [6, 6.07) is 48.6. The van der Waals surface area contributed by atoms with E-state index in [9.17, 15) is 0 Å². The molecule has 5 aromatic rings. The maximum atomic E-state index is 2.46. The number of hydrogen-bond acceptors (Lipinski definition) is 1. The van der Waals surface area contributed by atoms with Crippen LogP contribution in [-0.2, 0) is 5.41 Å². The topological polar surface area (TPSA) is 3.24 Å². The van der Waals surface area contributed by atoms with Crippen LogP contribution in [0.25, 0.3) is 16.7 Å². The molecule has 0 amide bonds. The summed E-state index contributed by atoms with van der Waals surface area (Å²) >= 11 is 0. The zero-order valence-electron chi connectivity index (χ0n) is 25.6. The molecular formula is C42H39N. The van der Waals surface area contributed by atoms with Gasteiger partial charge in [-0.05, 0) is 92.6 Å². The van der Waals surface area contributed by atoms with E-state index in [4.69, 9.17) is 0 Å². The van der Waals surface area contributed by atoms with Crippen LogP contribution in [0.5, 0.6) is 0 Å². The lowest BCUT2D eigenvalue weighted by Gasteiger charge is -2.52. The molecule has 0 aliphatic heterocycles. The SMILES string of the molecule is CC1(C)C2=C(C=CCC2c2cc(-c3ccccc3)cc(N(c3ccccc3)c3ccccc3)c2)c2ccccc2C1(C)C. The molecule has 1 heteroatoms. The summed E-state index contributed by atoms with van der Waals surface area (Å²) in [4.78, 5) is 2.40. The van der Waals surface area contributed by atoms with E-state index >= 15 is 0 Å². The van der Waals surface area contributed by atoms with Crippen LogP contribution in [0.1, 0.15) is 56.7 Å². The summed E-state index contributed by atoms with van der Waals surface area (Å²) in [6.45, 7) is 9.80. The first-order valence-corrected chi connectivity index (χ1v) is 15.5. The molecule has 1 unspecified atom stereocenters. The molecule has 0 aromatic heterocycles. The normalized spacial score (nSPS) is 18.1. The Labute approximate surface area is 256 Å². The Balaban J connectivity index is 1.48. The van der Waals surface area contributed by atoms with Crippen LogP contribution in [0.15, 0.2) is 151 Å². The smallest absolute Gasteiger partial charge is 0.0470 e. The minimum atomic E-state index is -0.0342. The summed E-state index contributed by atoms with van der Waals surface area (Å²) in [7, 11) is 0. The van der Waals surface area contributed by atoms with Crippen molar-refractivity contribution in [1.82, 2.24) is 0 Å². The van der Waals surface area contributed by atoms with Gasteiger partial charge in [0, 0.05) is 23.0 Å². The van der Waals surface area contributed by atoms with E-state index in [0.717, 1.165) is 17.8 Å². The molecule has 212 valence electrons. The van der Waals surface area contributed by atoms with Crippen LogP contribution in [-0.4, -0.2) is 0 Å². The van der Waals surface area contributed by atoms with Crippen molar-refractivity contribution in [2.75, 3.05) is 4.90 Å². The summed E-state index contributed by atoms with van der Waals surface area (Å²) in [5.74, 6) is 0.276. The Bertz CT molecular complexity index is 1790. The minimum absolute atomic E-state index is 0.00810. The molecule has 0 radical (unpaired) electrons. The first-order chi connectivity index (χ1) is 20.9. The Hall–Kier alpha value is -4.62. The van der Waals surface area contributed by atoms with Crippen molar-refractivity contribution in [2.45, 2.75) is 45.4 Å². The number of anilines is 3. The lowest BCUT2D eigenvalue weighted by Crippen LogP contribution is -2.43. The highest BCUT2D eigenvalue weighted by atomic mass is 15.1. The molecule has 5 aromatic carbocycles. The van der Waals surface area contributed by atoms with Crippen molar-refractivity contribution in [3.8, 4) is 11.1 Å². The van der Waals surface area contributed by atoms with Gasteiger partial charge >= 0.3 is 0 Å². The highest BCUT2D eigenvalue weighted by molar-refractivity contribution is 5.86. The van der Waals surface area contributed by atoms with Crippen molar-refractivity contribution in [1.29, 1.82) is 0 Å². The van der Waals surface area contributed by atoms with Crippen LogP contribution >= 0.6 is 0 Å². The van der Waals surface area contributed by atoms with Crippen LogP contribution in [0.2, 0.25) is 0 Å². The number of allylic oxidation sites excluding steroid dienone is 4. The molecule has 0 saturated heterocycles. The second kappa shape index (κ2) is 10.6. The molecule has 7 rings (SSSR count). The predicted octanol–water partition coefficient (Wildman–Crippen LogP) is 11.6. The summed E-state index contributed by atoms with van der Waals surface area (Å²) < 4.78 is 0. The van der Waals surface area contributed by atoms with Gasteiger partial charge in [-0.3, -0.25) is 0 Å². The van der Waals surface area contributed by atoms with Gasteiger partial charge in [-0.25, -0.2) is 0 Å². The molecule has 0 saturated carbocycles. The molecule has 0 heterocycles. The van der Waals surface area contributed by atoms with E-state index in [2.05, 4.69) is 178 Å². The Morgan fingerprint density at radius 3 is 1.79 bits per heavy atom. The maximum absolute atomic E-state index is 2.46. The van der Waals surface area contributed by atoms with Gasteiger partial charge in [0.15, 0.2) is 0 Å². The van der Waals surface area contributed by atoms with Crippen LogP contribution in [0.4, 0.5) is 17.1 Å². The van der Waals surface area contributed by atoms with Crippen molar-refractivity contribution in [3.05, 3.63) is 168 Å². The molecule has 0 fully saturated rings. The molecule has 43 heavy (non-hydrogen) atoms. The van der Waals surface area contributed by atoms with E-state index in [1.807, 2.05) is 0 Å². The van der Waals surface area contributed by atoms with Gasteiger partial charge < -0.3 is 4.90 Å². The molecule has 1 nitrogen and oxygen atoms in total. The van der Waals surface area contributed by atoms with Crippen LogP contribution < -0.4 is 4.90 Å². The van der Waals surface area contributed by atoms with Crippen LogP contribution in [0, 0.1) is 5.41 Å². The van der Waals surface area contributed by atoms with Gasteiger partial charge in [0.1, 0.15) is 0 Å². The average Bonchev–Trinajstić information content (AvgIpc) is 3.05. The summed E-state index contributed by atoms with van der Waals surface area (Å²) in [5.41, 5.74) is 13.1. The Kier molecular flexibility index (Phi) is 6.70. The van der Waals surface area contributed by atoms with E-state index < -0.39 is 0 Å². The molecule has 2 aliphatic rings. The second-order valence-corrected chi connectivity index (χ2v) is 13.0. The van der Waals surface area contributed by atoms with Crippen molar-refractivity contribution >= 4 is 22.6 Å². The van der Waals surface area contributed by atoms with Gasteiger partial charge in [0.05, 0.1) is 0 Å². The first kappa shape index (κ1) is 27.2. The largest absolute Gasteiger partial charge is 0.310 e. The highest BCUT2D eigenvalue weighted by Crippen LogP contribution is 2.60. The number of nitrogens with zero attached hydrogens (tertiary/aromatic N) is 1. The van der Waals surface area contributed by atoms with E-state index in [-0.39, 0.29) is 16.7 Å². The third-order valence-corrected chi connectivity index (χ3v) is 10.2. The van der Waals surface area contributed by atoms with Crippen molar-refractivity contribution < 1.29 is 0 Å². The van der Waals surface area contributed by atoms with Gasteiger partial charge in [0.25, 0.3) is 0 Å². The standard InChI is InChI=1S/C42H39N/c1-41(2)39-26-15-14-23-37(39)38-25-16-24-36(40(38)42(41,3)4)32-27-31(30-17-8-5-9-18-30)28-35(29-32)43(33-19-10-6-11-20-33)34-21-12-7-13-22-34/h5-23,25-29,36H,24H2,1-4H3. The van der Waals surface area contributed by atoms with Crippen molar-refractivity contribution in [2.24, 2.45) is 5.41 Å². The zero-order valence-corrected chi connectivity index (χ0v) is 25.6. The molecule has 0 spiro atoms. The highest BCUT2D eigenvalue weighted by Gasteiger charge is 2.49. The number of rotatable bonds is 5. The van der Waals surface area contributed by atoms with E-state index in [1.165, 1.54) is 39.1 Å². The molecule has 0 bridgehead atoms. The average molecular weight is 558 g/mol. The second-order valence-electron chi connectivity index (χ2n) is 13.0. The number of para-hydroxylation sites is 2. The quantitative estimate of drug-likeness (QED) is 0.208. The molecule has 0 N–H and O–H groups in total. The number of hydrogen-bond donors (Lipinski definition) is 0. The third kappa shape index (κ3) is 4.55. The van der Waals surface area contributed by atoms with Gasteiger partial charge in [-0.15, -0.1) is 0 Å². The number of benzene rings is 5.